The molecule has 2 aliphatic rings. The minimum atomic E-state index is 0.0469. The van der Waals surface area contributed by atoms with Gasteiger partial charge in [0, 0.05) is 43.8 Å². The Hall–Kier alpha value is -2.54. The number of nitrogens with one attached hydrogen (secondary N) is 1. The molecule has 4 rings (SSSR count). The van der Waals surface area contributed by atoms with Gasteiger partial charge in [0.05, 0.1) is 24.5 Å². The summed E-state index contributed by atoms with van der Waals surface area (Å²) in [4.78, 5) is 28.3. The molecule has 1 unspecified atom stereocenters. The number of pyridine rings is 1. The summed E-state index contributed by atoms with van der Waals surface area (Å²) in [5.41, 5.74) is 1.96. The summed E-state index contributed by atoms with van der Waals surface area (Å²) in [5, 5.41) is 3.02. The number of aromatic nitrogens is 3. The van der Waals surface area contributed by atoms with Gasteiger partial charge in [-0.15, -0.1) is 0 Å². The fourth-order valence-electron chi connectivity index (χ4n) is 3.91. The molecule has 0 saturated carbocycles. The van der Waals surface area contributed by atoms with E-state index in [0.717, 1.165) is 68.6 Å². The van der Waals surface area contributed by atoms with Crippen LogP contribution in [0.4, 0.5) is 5.82 Å². The van der Waals surface area contributed by atoms with Crippen LogP contribution in [0.5, 0.6) is 0 Å². The Bertz CT molecular complexity index is 800. The molecule has 1 amide bonds. The number of carbonyl (C=O) groups is 1. The molecule has 0 bridgehead atoms. The zero-order chi connectivity index (χ0) is 19.3. The molecule has 1 atom stereocenters. The molecule has 0 spiro atoms. The molecule has 0 radical (unpaired) electrons. The Morgan fingerprint density at radius 1 is 1.25 bits per heavy atom. The van der Waals surface area contributed by atoms with Crippen molar-refractivity contribution in [2.75, 3.05) is 31.2 Å². The van der Waals surface area contributed by atoms with Crippen LogP contribution in [0, 0.1) is 12.8 Å². The number of ether oxygens (including phenoxy) is 1. The maximum atomic E-state index is 12.5. The van der Waals surface area contributed by atoms with Crippen LogP contribution >= 0.6 is 0 Å². The average molecular weight is 381 g/mol. The van der Waals surface area contributed by atoms with Crippen molar-refractivity contribution in [1.82, 2.24) is 20.3 Å². The number of aryl methyl sites for hydroxylation is 1. The Morgan fingerprint density at radius 2 is 2.11 bits per heavy atom. The molecule has 7 nitrogen and oxygen atoms in total. The topological polar surface area (TPSA) is 80.2 Å². The SMILES string of the molecule is Cc1nc(C2CCOC2)cc(N2CCC(C(=O)NCc3ccccn3)CC2)n1. The summed E-state index contributed by atoms with van der Waals surface area (Å²) in [7, 11) is 0. The molecular weight excluding hydrogens is 354 g/mol. The van der Waals surface area contributed by atoms with E-state index < -0.39 is 0 Å². The lowest BCUT2D eigenvalue weighted by Crippen LogP contribution is -2.40. The predicted octanol–water partition coefficient (Wildman–Crippen LogP) is 2.22. The van der Waals surface area contributed by atoms with Crippen molar-refractivity contribution in [2.45, 2.75) is 38.6 Å². The first-order valence-electron chi connectivity index (χ1n) is 10.0. The fraction of sp³-hybridized carbons (Fsp3) is 0.524. The molecule has 2 aliphatic heterocycles. The first-order valence-corrected chi connectivity index (χ1v) is 10.0. The highest BCUT2D eigenvalue weighted by Gasteiger charge is 2.27. The van der Waals surface area contributed by atoms with Gasteiger partial charge in [0.2, 0.25) is 5.91 Å². The second-order valence-electron chi connectivity index (χ2n) is 7.56. The number of piperidine rings is 1. The Kier molecular flexibility index (Phi) is 5.81. The van der Waals surface area contributed by atoms with Crippen molar-refractivity contribution in [2.24, 2.45) is 5.92 Å². The molecule has 148 valence electrons. The summed E-state index contributed by atoms with van der Waals surface area (Å²) in [5.74, 6) is 2.31. The first kappa shape index (κ1) is 18.8. The van der Waals surface area contributed by atoms with E-state index in [1.54, 1.807) is 6.20 Å². The van der Waals surface area contributed by atoms with Crippen molar-refractivity contribution < 1.29 is 9.53 Å². The van der Waals surface area contributed by atoms with Gasteiger partial charge in [-0.2, -0.15) is 0 Å². The van der Waals surface area contributed by atoms with Crippen LogP contribution in [-0.2, 0) is 16.1 Å². The van der Waals surface area contributed by atoms with Crippen molar-refractivity contribution >= 4 is 11.7 Å². The van der Waals surface area contributed by atoms with Crippen LogP contribution in [-0.4, -0.2) is 47.2 Å². The van der Waals surface area contributed by atoms with E-state index in [1.807, 2.05) is 25.1 Å². The first-order chi connectivity index (χ1) is 13.7. The second kappa shape index (κ2) is 8.65. The van der Waals surface area contributed by atoms with E-state index in [-0.39, 0.29) is 11.8 Å². The lowest BCUT2D eigenvalue weighted by Gasteiger charge is -2.32. The zero-order valence-electron chi connectivity index (χ0n) is 16.3. The van der Waals surface area contributed by atoms with E-state index in [4.69, 9.17) is 4.74 Å². The van der Waals surface area contributed by atoms with E-state index >= 15 is 0 Å². The summed E-state index contributed by atoms with van der Waals surface area (Å²) in [6, 6.07) is 7.84. The van der Waals surface area contributed by atoms with Gasteiger partial charge in [-0.25, -0.2) is 9.97 Å². The maximum Gasteiger partial charge on any atom is 0.223 e. The Labute approximate surface area is 165 Å². The molecule has 7 heteroatoms. The third kappa shape index (κ3) is 4.47. The van der Waals surface area contributed by atoms with Gasteiger partial charge in [-0.05, 0) is 38.3 Å². The number of nitrogens with zero attached hydrogens (tertiary/aromatic N) is 4. The molecule has 2 aromatic heterocycles. The minimum absolute atomic E-state index is 0.0469. The summed E-state index contributed by atoms with van der Waals surface area (Å²) in [6.45, 7) is 5.65. The molecule has 2 saturated heterocycles. The van der Waals surface area contributed by atoms with Gasteiger partial charge in [0.1, 0.15) is 11.6 Å². The highest BCUT2D eigenvalue weighted by atomic mass is 16.5. The van der Waals surface area contributed by atoms with E-state index in [0.29, 0.717) is 12.5 Å². The summed E-state index contributed by atoms with van der Waals surface area (Å²) in [6.07, 6.45) is 4.43. The Balaban J connectivity index is 1.33. The summed E-state index contributed by atoms with van der Waals surface area (Å²) < 4.78 is 5.51. The molecule has 0 aliphatic carbocycles. The van der Waals surface area contributed by atoms with Crippen LogP contribution in [0.3, 0.4) is 0 Å². The van der Waals surface area contributed by atoms with E-state index in [9.17, 15) is 4.79 Å². The lowest BCUT2D eigenvalue weighted by molar-refractivity contribution is -0.125. The van der Waals surface area contributed by atoms with Crippen LogP contribution in [0.1, 0.15) is 42.4 Å². The highest BCUT2D eigenvalue weighted by Crippen LogP contribution is 2.28. The third-order valence-electron chi connectivity index (χ3n) is 5.55. The van der Waals surface area contributed by atoms with E-state index in [2.05, 4.69) is 31.2 Å². The minimum Gasteiger partial charge on any atom is -0.381 e. The Morgan fingerprint density at radius 3 is 2.82 bits per heavy atom. The molecule has 0 aromatic carbocycles. The lowest BCUT2D eigenvalue weighted by atomic mass is 9.95. The van der Waals surface area contributed by atoms with Crippen LogP contribution in [0.25, 0.3) is 0 Å². The number of amides is 1. The predicted molar refractivity (Wildman–Crippen MR) is 106 cm³/mol. The van der Waals surface area contributed by atoms with Gasteiger partial charge in [0.15, 0.2) is 0 Å². The second-order valence-corrected chi connectivity index (χ2v) is 7.56. The number of hydrogen-bond donors (Lipinski definition) is 1. The molecule has 2 aromatic rings. The maximum absolute atomic E-state index is 12.5. The zero-order valence-corrected chi connectivity index (χ0v) is 16.3. The van der Waals surface area contributed by atoms with Crippen molar-refractivity contribution in [3.8, 4) is 0 Å². The molecule has 28 heavy (non-hydrogen) atoms. The summed E-state index contributed by atoms with van der Waals surface area (Å²) >= 11 is 0. The largest absolute Gasteiger partial charge is 0.381 e. The van der Waals surface area contributed by atoms with Crippen LogP contribution < -0.4 is 10.2 Å². The van der Waals surface area contributed by atoms with Crippen LogP contribution in [0.2, 0.25) is 0 Å². The number of anilines is 1. The monoisotopic (exact) mass is 381 g/mol. The van der Waals surface area contributed by atoms with Gasteiger partial charge in [-0.1, -0.05) is 6.07 Å². The van der Waals surface area contributed by atoms with Gasteiger partial charge in [-0.3, -0.25) is 9.78 Å². The van der Waals surface area contributed by atoms with E-state index in [1.165, 1.54) is 0 Å². The van der Waals surface area contributed by atoms with Crippen molar-refractivity contribution in [1.29, 1.82) is 0 Å². The number of rotatable bonds is 5. The van der Waals surface area contributed by atoms with Gasteiger partial charge in [0.25, 0.3) is 0 Å². The van der Waals surface area contributed by atoms with Crippen molar-refractivity contribution in [3.63, 3.8) is 0 Å². The highest BCUT2D eigenvalue weighted by molar-refractivity contribution is 5.78. The average Bonchev–Trinajstić information content (AvgIpc) is 3.27. The smallest absolute Gasteiger partial charge is 0.223 e. The third-order valence-corrected chi connectivity index (χ3v) is 5.55. The molecule has 4 heterocycles. The molecule has 1 N–H and O–H groups in total. The fourth-order valence-corrected chi connectivity index (χ4v) is 3.91. The number of hydrogen-bond acceptors (Lipinski definition) is 6. The quantitative estimate of drug-likeness (QED) is 0.855. The van der Waals surface area contributed by atoms with Crippen LogP contribution in [0.15, 0.2) is 30.5 Å². The molecular formula is C21H27N5O2. The standard InChI is InChI=1S/C21H27N5O2/c1-15-24-19(17-7-11-28-14-17)12-20(25-15)26-9-5-16(6-10-26)21(27)23-13-18-4-2-3-8-22-18/h2-4,8,12,16-17H,5-7,9-11,13-14H2,1H3,(H,23,27). The van der Waals surface area contributed by atoms with Crippen molar-refractivity contribution in [3.05, 3.63) is 47.7 Å². The van der Waals surface area contributed by atoms with Gasteiger partial charge < -0.3 is 15.0 Å². The number of carbonyl (C=O) groups excluding carboxylic acids is 1. The normalized spacial score (nSPS) is 20.3. The molecule has 2 fully saturated rings. The van der Waals surface area contributed by atoms with Gasteiger partial charge >= 0.3 is 0 Å².